The number of benzene rings is 3. The Bertz CT molecular complexity index is 1270. The van der Waals surface area contributed by atoms with E-state index in [2.05, 4.69) is 0 Å². The predicted molar refractivity (Wildman–Crippen MR) is 121 cm³/mol. The van der Waals surface area contributed by atoms with Gasteiger partial charge < -0.3 is 9.47 Å². The smallest absolute Gasteiger partial charge is 0.266 e. The van der Waals surface area contributed by atoms with Crippen molar-refractivity contribution in [2.75, 3.05) is 14.2 Å². The van der Waals surface area contributed by atoms with E-state index >= 15 is 0 Å². The molecule has 0 N–H and O–H groups in total. The van der Waals surface area contributed by atoms with Gasteiger partial charge in [-0.15, -0.1) is 0 Å². The van der Waals surface area contributed by atoms with Gasteiger partial charge in [-0.05, 0) is 35.9 Å². The van der Waals surface area contributed by atoms with Gasteiger partial charge in [-0.1, -0.05) is 53.7 Å². The molecular weight excluding hydrogens is 420 g/mol. The summed E-state index contributed by atoms with van der Waals surface area (Å²) in [6.45, 7) is 0. The van der Waals surface area contributed by atoms with Crippen LogP contribution < -0.4 is 15.0 Å². The summed E-state index contributed by atoms with van der Waals surface area (Å²) >= 11 is 7.77. The SMILES string of the molecule is COc1ccc(-n2c(SCc3ccccc3Cl)nc3ccccc3c2=O)cc1OC. The summed E-state index contributed by atoms with van der Waals surface area (Å²) in [4.78, 5) is 18.2. The van der Waals surface area contributed by atoms with Gasteiger partial charge in [-0.2, -0.15) is 0 Å². The number of methoxy groups -OCH3 is 2. The van der Waals surface area contributed by atoms with Crippen LogP contribution in [0.1, 0.15) is 5.56 Å². The maximum absolute atomic E-state index is 13.4. The molecule has 0 bridgehead atoms. The Morgan fingerprint density at radius 3 is 2.47 bits per heavy atom. The van der Waals surface area contributed by atoms with Crippen LogP contribution >= 0.6 is 23.4 Å². The Balaban J connectivity index is 1.87. The van der Waals surface area contributed by atoms with Crippen LogP contribution in [0, 0.1) is 0 Å². The van der Waals surface area contributed by atoms with Crippen LogP contribution in [0.2, 0.25) is 5.02 Å². The molecule has 0 amide bonds. The number of fused-ring (bicyclic) bond motifs is 1. The topological polar surface area (TPSA) is 53.4 Å². The van der Waals surface area contributed by atoms with Crippen molar-refractivity contribution in [1.82, 2.24) is 9.55 Å². The van der Waals surface area contributed by atoms with Crippen molar-refractivity contribution in [1.29, 1.82) is 0 Å². The van der Waals surface area contributed by atoms with Crippen LogP contribution in [0.4, 0.5) is 0 Å². The largest absolute Gasteiger partial charge is 0.493 e. The molecule has 1 heterocycles. The first kappa shape index (κ1) is 20.3. The average molecular weight is 439 g/mol. The number of hydrogen-bond acceptors (Lipinski definition) is 5. The van der Waals surface area contributed by atoms with E-state index in [0.717, 1.165) is 5.56 Å². The first-order chi connectivity index (χ1) is 14.6. The van der Waals surface area contributed by atoms with Crippen molar-refractivity contribution in [3.63, 3.8) is 0 Å². The van der Waals surface area contributed by atoms with E-state index in [1.54, 1.807) is 37.0 Å². The Labute approximate surface area is 183 Å². The van der Waals surface area contributed by atoms with Gasteiger partial charge in [-0.25, -0.2) is 4.98 Å². The number of aromatic nitrogens is 2. The molecule has 0 aliphatic carbocycles. The first-order valence-corrected chi connectivity index (χ1v) is 10.6. The van der Waals surface area contributed by atoms with Gasteiger partial charge in [0.05, 0.1) is 30.8 Å². The highest BCUT2D eigenvalue weighted by atomic mass is 35.5. The van der Waals surface area contributed by atoms with Crippen LogP contribution in [0.25, 0.3) is 16.6 Å². The molecule has 0 saturated heterocycles. The van der Waals surface area contributed by atoms with Gasteiger partial charge in [0.15, 0.2) is 16.7 Å². The Morgan fingerprint density at radius 1 is 0.967 bits per heavy atom. The van der Waals surface area contributed by atoms with Crippen LogP contribution in [0.3, 0.4) is 0 Å². The van der Waals surface area contributed by atoms with Crippen molar-refractivity contribution in [2.24, 2.45) is 0 Å². The van der Waals surface area contributed by atoms with E-state index in [1.165, 1.54) is 11.8 Å². The fraction of sp³-hybridized carbons (Fsp3) is 0.130. The van der Waals surface area contributed by atoms with Crippen LogP contribution in [0.5, 0.6) is 11.5 Å². The average Bonchev–Trinajstić information content (AvgIpc) is 2.78. The Morgan fingerprint density at radius 2 is 1.70 bits per heavy atom. The van der Waals surface area contributed by atoms with Crippen molar-refractivity contribution in [3.05, 3.63) is 87.7 Å². The third-order valence-electron chi connectivity index (χ3n) is 4.68. The van der Waals surface area contributed by atoms with Crippen LogP contribution in [-0.4, -0.2) is 23.8 Å². The van der Waals surface area contributed by atoms with E-state index < -0.39 is 0 Å². The van der Waals surface area contributed by atoms with Gasteiger partial charge in [0.25, 0.3) is 5.56 Å². The summed E-state index contributed by atoms with van der Waals surface area (Å²) < 4.78 is 12.4. The van der Waals surface area contributed by atoms with Crippen molar-refractivity contribution < 1.29 is 9.47 Å². The molecule has 0 aliphatic rings. The summed E-state index contributed by atoms with van der Waals surface area (Å²) in [7, 11) is 3.14. The molecule has 1 aromatic heterocycles. The Hall–Kier alpha value is -2.96. The molecule has 3 aromatic carbocycles. The molecule has 0 aliphatic heterocycles. The Kier molecular flexibility index (Phi) is 5.97. The zero-order chi connectivity index (χ0) is 21.1. The highest BCUT2D eigenvalue weighted by Crippen LogP contribution is 2.32. The fourth-order valence-corrected chi connectivity index (χ4v) is 4.46. The van der Waals surface area contributed by atoms with Crippen LogP contribution in [-0.2, 0) is 5.75 Å². The fourth-order valence-electron chi connectivity index (χ4n) is 3.16. The second-order valence-electron chi connectivity index (χ2n) is 6.47. The quantitative estimate of drug-likeness (QED) is 0.300. The molecule has 0 atom stereocenters. The summed E-state index contributed by atoms with van der Waals surface area (Å²) in [6.07, 6.45) is 0. The number of nitrogens with zero attached hydrogens (tertiary/aromatic N) is 2. The van der Waals surface area contributed by atoms with Gasteiger partial charge in [0, 0.05) is 16.8 Å². The minimum atomic E-state index is -0.144. The summed E-state index contributed by atoms with van der Waals surface area (Å²) in [5, 5.41) is 1.81. The van der Waals surface area contributed by atoms with E-state index in [1.807, 2.05) is 48.5 Å². The molecule has 0 radical (unpaired) electrons. The number of hydrogen-bond donors (Lipinski definition) is 0. The van der Waals surface area contributed by atoms with E-state index in [4.69, 9.17) is 26.1 Å². The maximum Gasteiger partial charge on any atom is 0.266 e. The molecule has 7 heteroatoms. The summed E-state index contributed by atoms with van der Waals surface area (Å²) in [5.74, 6) is 1.71. The maximum atomic E-state index is 13.4. The van der Waals surface area contributed by atoms with E-state index in [-0.39, 0.29) is 5.56 Å². The summed E-state index contributed by atoms with van der Waals surface area (Å²) in [6, 6.07) is 20.4. The standard InChI is InChI=1S/C23H19ClN2O3S/c1-28-20-12-11-16(13-21(20)29-2)26-22(27)17-8-4-6-10-19(17)25-23(26)30-14-15-7-3-5-9-18(15)24/h3-13H,14H2,1-2H3. The number of ether oxygens (including phenoxy) is 2. The second kappa shape index (κ2) is 8.81. The molecule has 152 valence electrons. The second-order valence-corrected chi connectivity index (χ2v) is 7.82. The highest BCUT2D eigenvalue weighted by Gasteiger charge is 2.16. The van der Waals surface area contributed by atoms with Gasteiger partial charge in [0.2, 0.25) is 0 Å². The number of rotatable bonds is 6. The third kappa shape index (κ3) is 3.88. The van der Waals surface area contributed by atoms with Gasteiger partial charge >= 0.3 is 0 Å². The van der Waals surface area contributed by atoms with Gasteiger partial charge in [0.1, 0.15) is 0 Å². The van der Waals surface area contributed by atoms with Crippen molar-refractivity contribution in [2.45, 2.75) is 10.9 Å². The minimum Gasteiger partial charge on any atom is -0.493 e. The lowest BCUT2D eigenvalue weighted by Gasteiger charge is -2.15. The van der Waals surface area contributed by atoms with E-state index in [9.17, 15) is 4.79 Å². The third-order valence-corrected chi connectivity index (χ3v) is 6.04. The van der Waals surface area contributed by atoms with Gasteiger partial charge in [-0.3, -0.25) is 9.36 Å². The van der Waals surface area contributed by atoms with Crippen LogP contribution in [0.15, 0.2) is 76.7 Å². The van der Waals surface area contributed by atoms with Crippen molar-refractivity contribution in [3.8, 4) is 17.2 Å². The first-order valence-electron chi connectivity index (χ1n) is 9.22. The lowest BCUT2D eigenvalue weighted by atomic mass is 10.2. The normalized spacial score (nSPS) is 10.9. The predicted octanol–water partition coefficient (Wildman–Crippen LogP) is 5.35. The molecule has 0 saturated carbocycles. The number of thioether (sulfide) groups is 1. The molecule has 0 fully saturated rings. The minimum absolute atomic E-state index is 0.144. The lowest BCUT2D eigenvalue weighted by molar-refractivity contribution is 0.354. The molecule has 30 heavy (non-hydrogen) atoms. The zero-order valence-corrected chi connectivity index (χ0v) is 18.0. The van der Waals surface area contributed by atoms with Crippen molar-refractivity contribution >= 4 is 34.3 Å². The highest BCUT2D eigenvalue weighted by molar-refractivity contribution is 7.98. The number of halogens is 1. The molecule has 4 rings (SSSR count). The lowest BCUT2D eigenvalue weighted by Crippen LogP contribution is -2.21. The number of para-hydroxylation sites is 1. The molecule has 0 spiro atoms. The summed E-state index contributed by atoms with van der Waals surface area (Å²) in [5.41, 5.74) is 2.14. The molecule has 5 nitrogen and oxygen atoms in total. The zero-order valence-electron chi connectivity index (χ0n) is 16.5. The van der Waals surface area contributed by atoms with E-state index in [0.29, 0.717) is 44.0 Å². The molecule has 0 unspecified atom stereocenters. The molecule has 4 aromatic rings. The monoisotopic (exact) mass is 438 g/mol. The molecular formula is C23H19ClN2O3S.